The van der Waals surface area contributed by atoms with Crippen molar-refractivity contribution in [2.24, 2.45) is 12.0 Å². The Morgan fingerprint density at radius 2 is 1.95 bits per heavy atom. The Balaban J connectivity index is 1.88. The molecule has 21 heavy (non-hydrogen) atoms. The second-order valence-electron chi connectivity index (χ2n) is 4.99. The van der Waals surface area contributed by atoms with E-state index in [4.69, 9.17) is 0 Å². The van der Waals surface area contributed by atoms with Crippen LogP contribution in [0, 0.1) is 13.8 Å². The number of guanidine groups is 1. The molecule has 0 bridgehead atoms. The van der Waals surface area contributed by atoms with Crippen molar-refractivity contribution in [3.05, 3.63) is 47.0 Å². The number of aliphatic imine (C=N–C) groups is 1. The predicted octanol–water partition coefficient (Wildman–Crippen LogP) is 1.30. The molecule has 2 rings (SSSR count). The Morgan fingerprint density at radius 3 is 2.57 bits per heavy atom. The van der Waals surface area contributed by atoms with Crippen molar-refractivity contribution in [3.63, 3.8) is 0 Å². The fraction of sp³-hybridized carbons (Fsp3) is 0.400. The van der Waals surface area contributed by atoms with Crippen molar-refractivity contribution in [1.82, 2.24) is 25.4 Å². The van der Waals surface area contributed by atoms with Crippen LogP contribution in [0.1, 0.15) is 22.8 Å². The quantitative estimate of drug-likeness (QED) is 0.656. The molecule has 6 heteroatoms. The van der Waals surface area contributed by atoms with Gasteiger partial charge in [-0.25, -0.2) is 0 Å². The number of hydrogen-bond acceptors (Lipinski definition) is 3. The summed E-state index contributed by atoms with van der Waals surface area (Å²) in [5.74, 6) is 2.53. The van der Waals surface area contributed by atoms with Gasteiger partial charge in [-0.3, -0.25) is 4.99 Å². The van der Waals surface area contributed by atoms with Gasteiger partial charge in [0.25, 0.3) is 0 Å². The van der Waals surface area contributed by atoms with Crippen LogP contribution in [0.15, 0.2) is 29.3 Å². The molecule has 0 spiro atoms. The van der Waals surface area contributed by atoms with Gasteiger partial charge in [0.2, 0.25) is 0 Å². The van der Waals surface area contributed by atoms with Crippen molar-refractivity contribution in [2.75, 3.05) is 7.05 Å². The molecule has 1 aromatic heterocycles. The Morgan fingerprint density at radius 1 is 1.19 bits per heavy atom. The molecule has 0 aliphatic carbocycles. The lowest BCUT2D eigenvalue weighted by molar-refractivity contribution is 0.717. The molecule has 0 amide bonds. The Bertz CT molecular complexity index is 629. The third-order valence-corrected chi connectivity index (χ3v) is 3.36. The van der Waals surface area contributed by atoms with Gasteiger partial charge in [-0.2, -0.15) is 0 Å². The van der Waals surface area contributed by atoms with Gasteiger partial charge in [0.05, 0.1) is 6.54 Å². The predicted molar refractivity (Wildman–Crippen MR) is 84.0 cm³/mol. The second kappa shape index (κ2) is 6.88. The zero-order chi connectivity index (χ0) is 15.2. The lowest BCUT2D eigenvalue weighted by Gasteiger charge is -2.12. The van der Waals surface area contributed by atoms with Crippen LogP contribution in [-0.2, 0) is 20.1 Å². The SMILES string of the molecule is CN=C(NCc1cccc(C)c1)NCc1nnc(C)n1C. The summed E-state index contributed by atoms with van der Waals surface area (Å²) in [7, 11) is 3.71. The highest BCUT2D eigenvalue weighted by Crippen LogP contribution is 2.03. The lowest BCUT2D eigenvalue weighted by Crippen LogP contribution is -2.36. The smallest absolute Gasteiger partial charge is 0.191 e. The monoisotopic (exact) mass is 286 g/mol. The molecule has 0 radical (unpaired) electrons. The average molecular weight is 286 g/mol. The molecule has 0 atom stereocenters. The highest BCUT2D eigenvalue weighted by atomic mass is 15.3. The van der Waals surface area contributed by atoms with Crippen LogP contribution in [0.3, 0.4) is 0 Å². The van der Waals surface area contributed by atoms with Gasteiger partial charge in [0.1, 0.15) is 5.82 Å². The molecule has 0 aliphatic rings. The average Bonchev–Trinajstić information content (AvgIpc) is 2.79. The van der Waals surface area contributed by atoms with Crippen LogP contribution in [-0.4, -0.2) is 27.8 Å². The third-order valence-electron chi connectivity index (χ3n) is 3.36. The maximum atomic E-state index is 4.21. The van der Waals surface area contributed by atoms with E-state index < -0.39 is 0 Å². The maximum Gasteiger partial charge on any atom is 0.191 e. The van der Waals surface area contributed by atoms with E-state index in [1.807, 2.05) is 18.5 Å². The highest BCUT2D eigenvalue weighted by molar-refractivity contribution is 5.79. The largest absolute Gasteiger partial charge is 0.352 e. The van der Waals surface area contributed by atoms with Crippen LogP contribution in [0.5, 0.6) is 0 Å². The molecule has 0 saturated heterocycles. The van der Waals surface area contributed by atoms with E-state index in [0.717, 1.165) is 24.2 Å². The number of nitrogens with one attached hydrogen (secondary N) is 2. The van der Waals surface area contributed by atoms with Gasteiger partial charge in [0, 0.05) is 20.6 Å². The van der Waals surface area contributed by atoms with E-state index in [9.17, 15) is 0 Å². The van der Waals surface area contributed by atoms with Crippen molar-refractivity contribution < 1.29 is 0 Å². The molecule has 6 nitrogen and oxygen atoms in total. The van der Waals surface area contributed by atoms with Crippen molar-refractivity contribution in [1.29, 1.82) is 0 Å². The fourth-order valence-corrected chi connectivity index (χ4v) is 2.00. The number of aryl methyl sites for hydroxylation is 2. The molecule has 112 valence electrons. The first-order valence-electron chi connectivity index (χ1n) is 6.95. The second-order valence-corrected chi connectivity index (χ2v) is 4.99. The molecule has 0 fully saturated rings. The summed E-state index contributed by atoms with van der Waals surface area (Å²) in [4.78, 5) is 4.21. The Labute approximate surface area is 125 Å². The first-order valence-corrected chi connectivity index (χ1v) is 6.95. The van der Waals surface area contributed by atoms with Gasteiger partial charge in [-0.15, -0.1) is 10.2 Å². The standard InChI is InChI=1S/C15H22N6/c1-11-6-5-7-13(8-11)9-17-15(16-3)18-10-14-20-19-12(2)21(14)4/h5-8H,9-10H2,1-4H3,(H2,16,17,18). The van der Waals surface area contributed by atoms with Crippen LogP contribution >= 0.6 is 0 Å². The molecule has 0 unspecified atom stereocenters. The summed E-state index contributed by atoms with van der Waals surface area (Å²) in [6.45, 7) is 5.35. The number of hydrogen-bond donors (Lipinski definition) is 2. The highest BCUT2D eigenvalue weighted by Gasteiger charge is 2.05. The third kappa shape index (κ3) is 4.05. The molecule has 2 aromatic rings. The summed E-state index contributed by atoms with van der Waals surface area (Å²) in [6, 6.07) is 8.41. The molecule has 0 aliphatic heterocycles. The van der Waals surface area contributed by atoms with Crippen LogP contribution < -0.4 is 10.6 Å². The van der Waals surface area contributed by atoms with Crippen LogP contribution in [0.4, 0.5) is 0 Å². The van der Waals surface area contributed by atoms with Gasteiger partial charge in [0.15, 0.2) is 11.8 Å². The van der Waals surface area contributed by atoms with Crippen molar-refractivity contribution in [2.45, 2.75) is 26.9 Å². The first kappa shape index (κ1) is 15.0. The first-order chi connectivity index (χ1) is 10.1. The van der Waals surface area contributed by atoms with Crippen LogP contribution in [0.25, 0.3) is 0 Å². The molecule has 1 aromatic carbocycles. The van der Waals surface area contributed by atoms with Gasteiger partial charge in [-0.05, 0) is 19.4 Å². The minimum atomic E-state index is 0.588. The normalized spacial score (nSPS) is 11.5. The van der Waals surface area contributed by atoms with E-state index in [1.165, 1.54) is 11.1 Å². The van der Waals surface area contributed by atoms with Gasteiger partial charge < -0.3 is 15.2 Å². The molecular weight excluding hydrogens is 264 g/mol. The van der Waals surface area contributed by atoms with E-state index >= 15 is 0 Å². The summed E-state index contributed by atoms with van der Waals surface area (Å²) in [6.07, 6.45) is 0. The molecule has 2 N–H and O–H groups in total. The van der Waals surface area contributed by atoms with Crippen molar-refractivity contribution >= 4 is 5.96 Å². The van der Waals surface area contributed by atoms with E-state index in [0.29, 0.717) is 6.54 Å². The maximum absolute atomic E-state index is 4.21. The molecule has 0 saturated carbocycles. The Hall–Kier alpha value is -2.37. The van der Waals surface area contributed by atoms with Crippen molar-refractivity contribution in [3.8, 4) is 0 Å². The number of aromatic nitrogens is 3. The minimum absolute atomic E-state index is 0.588. The lowest BCUT2D eigenvalue weighted by atomic mass is 10.1. The van der Waals surface area contributed by atoms with E-state index in [1.54, 1.807) is 7.05 Å². The van der Waals surface area contributed by atoms with Crippen LogP contribution in [0.2, 0.25) is 0 Å². The summed E-state index contributed by atoms with van der Waals surface area (Å²) >= 11 is 0. The Kier molecular flexibility index (Phi) is 4.92. The minimum Gasteiger partial charge on any atom is -0.352 e. The number of benzene rings is 1. The molecule has 1 heterocycles. The molecular formula is C15H22N6. The zero-order valence-corrected chi connectivity index (χ0v) is 13.0. The zero-order valence-electron chi connectivity index (χ0n) is 13.0. The number of nitrogens with zero attached hydrogens (tertiary/aromatic N) is 4. The van der Waals surface area contributed by atoms with E-state index in [2.05, 4.69) is 57.0 Å². The fourth-order valence-electron chi connectivity index (χ4n) is 2.00. The summed E-state index contributed by atoms with van der Waals surface area (Å²) in [5.41, 5.74) is 2.49. The summed E-state index contributed by atoms with van der Waals surface area (Å²) in [5, 5.41) is 14.7. The summed E-state index contributed by atoms with van der Waals surface area (Å²) < 4.78 is 1.96. The van der Waals surface area contributed by atoms with E-state index in [-0.39, 0.29) is 0 Å². The van der Waals surface area contributed by atoms with Gasteiger partial charge in [-0.1, -0.05) is 29.8 Å². The topological polar surface area (TPSA) is 67.1 Å². The number of rotatable bonds is 4. The van der Waals surface area contributed by atoms with Gasteiger partial charge >= 0.3 is 0 Å².